The first-order chi connectivity index (χ1) is 16.4. The summed E-state index contributed by atoms with van der Waals surface area (Å²) in [6.45, 7) is 4.24. The third kappa shape index (κ3) is 3.61. The van der Waals surface area contributed by atoms with E-state index >= 15 is 0 Å². The monoisotopic (exact) mass is 456 g/mol. The van der Waals surface area contributed by atoms with Crippen LogP contribution in [0.3, 0.4) is 0 Å². The SMILES string of the molecule is COc1ccc(-c2coc3c4c(cc(O)c3c2=O)OC(=O)C[C@H]4c2ccc(C(C)C)cc2)cc1. The minimum absolute atomic E-state index is 0.0637. The number of fused-ring (bicyclic) bond motifs is 3. The molecule has 1 N–H and O–H groups in total. The van der Waals surface area contributed by atoms with Crippen LogP contribution in [0.4, 0.5) is 0 Å². The first kappa shape index (κ1) is 21.8. The Morgan fingerprint density at radius 3 is 2.38 bits per heavy atom. The van der Waals surface area contributed by atoms with Crippen LogP contribution in [0.1, 0.15) is 48.8 Å². The van der Waals surface area contributed by atoms with Crippen molar-refractivity contribution in [2.75, 3.05) is 7.11 Å². The fourth-order valence-electron chi connectivity index (χ4n) is 4.50. The summed E-state index contributed by atoms with van der Waals surface area (Å²) in [5, 5.41) is 10.8. The van der Waals surface area contributed by atoms with Crippen LogP contribution in [0.15, 0.2) is 70.1 Å². The molecule has 172 valence electrons. The van der Waals surface area contributed by atoms with Gasteiger partial charge >= 0.3 is 5.97 Å². The van der Waals surface area contributed by atoms with Crippen molar-refractivity contribution in [2.45, 2.75) is 32.1 Å². The maximum absolute atomic E-state index is 13.5. The number of rotatable bonds is 4. The molecule has 6 heteroatoms. The van der Waals surface area contributed by atoms with Crippen LogP contribution in [-0.4, -0.2) is 18.2 Å². The van der Waals surface area contributed by atoms with Gasteiger partial charge in [0.15, 0.2) is 0 Å². The zero-order chi connectivity index (χ0) is 24.0. The molecule has 5 rings (SSSR count). The number of esters is 1. The quantitative estimate of drug-likeness (QED) is 0.311. The number of ether oxygens (including phenoxy) is 2. The van der Waals surface area contributed by atoms with Crippen molar-refractivity contribution >= 4 is 16.9 Å². The van der Waals surface area contributed by atoms with E-state index in [2.05, 4.69) is 13.8 Å². The molecule has 0 radical (unpaired) electrons. The molecule has 0 fully saturated rings. The lowest BCUT2D eigenvalue weighted by Gasteiger charge is -2.26. The number of hydrogen-bond donors (Lipinski definition) is 1. The van der Waals surface area contributed by atoms with Gasteiger partial charge in [-0.1, -0.05) is 50.2 Å². The molecule has 1 atom stereocenters. The van der Waals surface area contributed by atoms with E-state index in [9.17, 15) is 14.7 Å². The highest BCUT2D eigenvalue weighted by Crippen LogP contribution is 2.45. The highest BCUT2D eigenvalue weighted by atomic mass is 16.5. The van der Waals surface area contributed by atoms with E-state index in [-0.39, 0.29) is 40.2 Å². The molecule has 0 unspecified atom stereocenters. The molecule has 1 aliphatic heterocycles. The van der Waals surface area contributed by atoms with Gasteiger partial charge in [-0.25, -0.2) is 0 Å². The molecule has 3 aromatic carbocycles. The smallest absolute Gasteiger partial charge is 0.312 e. The predicted octanol–water partition coefficient (Wildman–Crippen LogP) is 5.74. The predicted molar refractivity (Wildman–Crippen MR) is 129 cm³/mol. The number of carbonyl (C=O) groups excluding carboxylic acids is 1. The summed E-state index contributed by atoms with van der Waals surface area (Å²) in [5.74, 6) is 0.196. The number of hydrogen-bond acceptors (Lipinski definition) is 6. The average molecular weight is 456 g/mol. The summed E-state index contributed by atoms with van der Waals surface area (Å²) >= 11 is 0. The van der Waals surface area contributed by atoms with E-state index < -0.39 is 5.97 Å². The van der Waals surface area contributed by atoms with Crippen LogP contribution in [0, 0.1) is 0 Å². The van der Waals surface area contributed by atoms with Crippen LogP contribution >= 0.6 is 0 Å². The zero-order valence-corrected chi connectivity index (χ0v) is 19.1. The molecule has 0 amide bonds. The third-order valence-corrected chi connectivity index (χ3v) is 6.38. The van der Waals surface area contributed by atoms with Gasteiger partial charge < -0.3 is 19.0 Å². The Morgan fingerprint density at radius 1 is 1.03 bits per heavy atom. The van der Waals surface area contributed by atoms with Gasteiger partial charge in [-0.3, -0.25) is 9.59 Å². The van der Waals surface area contributed by atoms with Gasteiger partial charge in [0.05, 0.1) is 19.1 Å². The average Bonchev–Trinajstić information content (AvgIpc) is 2.83. The topological polar surface area (TPSA) is 86.0 Å². The highest BCUT2D eigenvalue weighted by molar-refractivity contribution is 5.94. The summed E-state index contributed by atoms with van der Waals surface area (Å²) in [6, 6.07) is 16.4. The lowest BCUT2D eigenvalue weighted by Crippen LogP contribution is -2.22. The normalized spacial score (nSPS) is 15.3. The van der Waals surface area contributed by atoms with Gasteiger partial charge in [0.2, 0.25) is 5.43 Å². The second-order valence-electron chi connectivity index (χ2n) is 8.77. The molecule has 34 heavy (non-hydrogen) atoms. The lowest BCUT2D eigenvalue weighted by atomic mass is 9.84. The summed E-state index contributed by atoms with van der Waals surface area (Å²) in [6.07, 6.45) is 1.50. The Labute approximate surface area is 196 Å². The highest BCUT2D eigenvalue weighted by Gasteiger charge is 2.33. The van der Waals surface area contributed by atoms with E-state index in [1.165, 1.54) is 17.9 Å². The van der Waals surface area contributed by atoms with E-state index in [0.717, 1.165) is 5.56 Å². The molecule has 0 saturated carbocycles. The summed E-state index contributed by atoms with van der Waals surface area (Å²) in [5.41, 5.74) is 3.50. The molecular weight excluding hydrogens is 432 g/mol. The van der Waals surface area contributed by atoms with E-state index in [1.807, 2.05) is 24.3 Å². The van der Waals surface area contributed by atoms with Gasteiger partial charge in [-0.05, 0) is 34.7 Å². The molecule has 0 aliphatic carbocycles. The maximum atomic E-state index is 13.5. The number of aromatic hydroxyl groups is 1. The first-order valence-corrected chi connectivity index (χ1v) is 11.1. The molecule has 4 aromatic rings. The molecule has 1 aromatic heterocycles. The van der Waals surface area contributed by atoms with Crippen LogP contribution in [0.5, 0.6) is 17.2 Å². The molecule has 0 spiro atoms. The summed E-state index contributed by atoms with van der Waals surface area (Å²) in [4.78, 5) is 25.8. The molecule has 1 aliphatic rings. The van der Waals surface area contributed by atoms with Crippen molar-refractivity contribution in [3.05, 3.63) is 87.8 Å². The molecule has 0 bridgehead atoms. The molecular formula is C28H24O6. The van der Waals surface area contributed by atoms with Crippen LogP contribution in [-0.2, 0) is 4.79 Å². The fourth-order valence-corrected chi connectivity index (χ4v) is 4.50. The Morgan fingerprint density at radius 2 is 1.74 bits per heavy atom. The number of methoxy groups -OCH3 is 1. The van der Waals surface area contributed by atoms with Crippen molar-refractivity contribution < 1.29 is 23.8 Å². The molecule has 0 saturated heterocycles. The standard InChI is InChI=1S/C28H24O6/c1-15(2)16-4-6-17(7-5-16)20-12-24(30)34-23-13-22(29)26-27(31)21(14-33-28(26)25(20)23)18-8-10-19(32-3)11-9-18/h4-11,13-15,20,29H,12H2,1-3H3/t20-/m0/s1. The van der Waals surface area contributed by atoms with Gasteiger partial charge in [0, 0.05) is 17.5 Å². The van der Waals surface area contributed by atoms with Gasteiger partial charge in [-0.15, -0.1) is 0 Å². The minimum Gasteiger partial charge on any atom is -0.507 e. The van der Waals surface area contributed by atoms with Gasteiger partial charge in [0.1, 0.15) is 34.5 Å². The second kappa shape index (κ2) is 8.37. The van der Waals surface area contributed by atoms with E-state index in [0.29, 0.717) is 28.4 Å². The Kier molecular flexibility index (Phi) is 5.36. The summed E-state index contributed by atoms with van der Waals surface area (Å²) in [7, 11) is 1.57. The second-order valence-corrected chi connectivity index (χ2v) is 8.77. The minimum atomic E-state index is -0.401. The van der Waals surface area contributed by atoms with Crippen molar-refractivity contribution in [1.29, 1.82) is 0 Å². The largest absolute Gasteiger partial charge is 0.507 e. The number of phenols is 1. The van der Waals surface area contributed by atoms with Gasteiger partial charge in [0.25, 0.3) is 0 Å². The van der Waals surface area contributed by atoms with Crippen molar-refractivity contribution in [1.82, 2.24) is 0 Å². The Hall–Kier alpha value is -4.06. The van der Waals surface area contributed by atoms with E-state index in [1.54, 1.807) is 31.4 Å². The number of benzene rings is 3. The molecule has 2 heterocycles. The number of phenolic OH excluding ortho intramolecular Hbond substituents is 1. The Balaban J connectivity index is 1.70. The van der Waals surface area contributed by atoms with Crippen LogP contribution in [0.25, 0.3) is 22.1 Å². The third-order valence-electron chi connectivity index (χ3n) is 6.38. The number of carbonyl (C=O) groups is 1. The zero-order valence-electron chi connectivity index (χ0n) is 19.1. The molecule has 6 nitrogen and oxygen atoms in total. The van der Waals surface area contributed by atoms with Crippen molar-refractivity contribution in [3.63, 3.8) is 0 Å². The summed E-state index contributed by atoms with van der Waals surface area (Å²) < 4.78 is 16.6. The lowest BCUT2D eigenvalue weighted by molar-refractivity contribution is -0.135. The first-order valence-electron chi connectivity index (χ1n) is 11.1. The fraction of sp³-hybridized carbons (Fsp3) is 0.214. The Bertz CT molecular complexity index is 1450. The van der Waals surface area contributed by atoms with Crippen LogP contribution < -0.4 is 14.9 Å². The van der Waals surface area contributed by atoms with Gasteiger partial charge in [-0.2, -0.15) is 0 Å². The van der Waals surface area contributed by atoms with Crippen molar-refractivity contribution in [2.24, 2.45) is 0 Å². The van der Waals surface area contributed by atoms with Crippen molar-refractivity contribution in [3.8, 4) is 28.4 Å². The maximum Gasteiger partial charge on any atom is 0.312 e. The van der Waals surface area contributed by atoms with Crippen LogP contribution in [0.2, 0.25) is 0 Å². The van der Waals surface area contributed by atoms with E-state index in [4.69, 9.17) is 13.9 Å².